The average Bonchev–Trinajstić information content (AvgIpc) is 2.33. The van der Waals surface area contributed by atoms with E-state index < -0.39 is 0 Å². The van der Waals surface area contributed by atoms with Gasteiger partial charge in [0, 0.05) is 6.92 Å². The van der Waals surface area contributed by atoms with Gasteiger partial charge in [-0.25, -0.2) is 10.2 Å². The highest BCUT2D eigenvalue weighted by atomic mass is 15.7. The number of nitrogens with zero attached hydrogens (tertiary/aromatic N) is 2. The number of fused-ring (bicyclic) bond motifs is 1. The Hall–Kier alpha value is -0.120. The van der Waals surface area contributed by atoms with E-state index in [-0.39, 0.29) is 11.3 Å². The van der Waals surface area contributed by atoms with Crippen LogP contribution in [0.3, 0.4) is 0 Å². The first-order chi connectivity index (χ1) is 4.83. The minimum atomic E-state index is 0.247. The molecular formula is C8H18N3+. The molecule has 11 heavy (non-hydrogen) atoms. The van der Waals surface area contributed by atoms with Crippen molar-refractivity contribution in [2.24, 2.45) is 0 Å². The molecule has 2 saturated heterocycles. The highest BCUT2D eigenvalue weighted by Gasteiger charge is 2.78. The maximum Gasteiger partial charge on any atom is 0.184 e. The lowest BCUT2D eigenvalue weighted by molar-refractivity contribution is -0.922. The standard InChI is InChI=1S/C8H18N3/c1-7-8(2,9-7)11(4,5)6-10(7)3/h9H,6H2,1-5H3/q+1/t7?,8-/m1/s1. The fourth-order valence-electron chi connectivity index (χ4n) is 2.46. The fourth-order valence-corrected chi connectivity index (χ4v) is 2.46. The summed E-state index contributed by atoms with van der Waals surface area (Å²) in [5.41, 5.74) is 0.526. The minimum absolute atomic E-state index is 0.247. The molecule has 2 heterocycles. The third-order valence-electron chi connectivity index (χ3n) is 3.91. The Bertz CT molecular complexity index is 207. The third-order valence-corrected chi connectivity index (χ3v) is 3.91. The molecule has 1 N–H and O–H groups in total. The van der Waals surface area contributed by atoms with Gasteiger partial charge in [0.05, 0.1) is 14.1 Å². The molecule has 2 fully saturated rings. The van der Waals surface area contributed by atoms with E-state index in [1.165, 1.54) is 0 Å². The normalized spacial score (nSPS) is 54.3. The number of hydrogen-bond acceptors (Lipinski definition) is 2. The molecular weight excluding hydrogens is 138 g/mol. The van der Waals surface area contributed by atoms with E-state index in [0.717, 1.165) is 11.2 Å². The number of likely N-dealkylation sites (N-methyl/N-ethyl adjacent to an activating group) is 2. The Balaban J connectivity index is 2.38. The van der Waals surface area contributed by atoms with Crippen LogP contribution in [0, 0.1) is 0 Å². The molecule has 1 unspecified atom stereocenters. The van der Waals surface area contributed by atoms with Crippen molar-refractivity contribution in [3.05, 3.63) is 0 Å². The number of quaternary nitrogens is 1. The highest BCUT2D eigenvalue weighted by Crippen LogP contribution is 2.51. The quantitative estimate of drug-likeness (QED) is 0.394. The molecule has 3 heteroatoms. The van der Waals surface area contributed by atoms with Crippen LogP contribution in [-0.4, -0.2) is 48.5 Å². The van der Waals surface area contributed by atoms with Crippen molar-refractivity contribution < 1.29 is 4.48 Å². The van der Waals surface area contributed by atoms with E-state index in [0.29, 0.717) is 0 Å². The molecule has 0 saturated carbocycles. The second-order valence-corrected chi connectivity index (χ2v) is 4.79. The summed E-state index contributed by atoms with van der Waals surface area (Å²) in [6, 6.07) is 0. The number of nitrogens with one attached hydrogen (secondary N) is 1. The SMILES string of the molecule is CN1C[N+](C)(C)[C@@]2(C)NC12C. The van der Waals surface area contributed by atoms with Crippen LogP contribution >= 0.6 is 0 Å². The molecule has 64 valence electrons. The maximum absolute atomic E-state index is 3.56. The Labute approximate surface area is 68.6 Å². The summed E-state index contributed by atoms with van der Waals surface area (Å²) in [5.74, 6) is 0. The summed E-state index contributed by atoms with van der Waals surface area (Å²) in [6.45, 7) is 5.72. The molecule has 2 aliphatic rings. The van der Waals surface area contributed by atoms with Crippen molar-refractivity contribution in [2.45, 2.75) is 25.2 Å². The molecule has 3 nitrogen and oxygen atoms in total. The molecule has 0 bridgehead atoms. The first-order valence-electron chi connectivity index (χ1n) is 4.17. The van der Waals surface area contributed by atoms with Crippen LogP contribution in [-0.2, 0) is 0 Å². The van der Waals surface area contributed by atoms with Crippen LogP contribution in [0.25, 0.3) is 0 Å². The Morgan fingerprint density at radius 2 is 1.91 bits per heavy atom. The van der Waals surface area contributed by atoms with E-state index in [1.807, 2.05) is 0 Å². The Morgan fingerprint density at radius 3 is 2.00 bits per heavy atom. The lowest BCUT2D eigenvalue weighted by Crippen LogP contribution is -2.51. The van der Waals surface area contributed by atoms with Crippen molar-refractivity contribution >= 4 is 0 Å². The molecule has 0 aromatic carbocycles. The van der Waals surface area contributed by atoms with Crippen molar-refractivity contribution in [1.29, 1.82) is 0 Å². The Morgan fingerprint density at radius 1 is 1.36 bits per heavy atom. The van der Waals surface area contributed by atoms with Gasteiger partial charge in [0.2, 0.25) is 0 Å². The average molecular weight is 156 g/mol. The van der Waals surface area contributed by atoms with E-state index in [4.69, 9.17) is 0 Å². The zero-order valence-electron chi connectivity index (χ0n) is 8.10. The third kappa shape index (κ3) is 0.567. The summed E-state index contributed by atoms with van der Waals surface area (Å²) in [6.07, 6.45) is 0. The largest absolute Gasteiger partial charge is 0.296 e. The summed E-state index contributed by atoms with van der Waals surface area (Å²) < 4.78 is 1.06. The van der Waals surface area contributed by atoms with Gasteiger partial charge < -0.3 is 0 Å². The molecule has 0 aromatic rings. The van der Waals surface area contributed by atoms with Crippen molar-refractivity contribution in [2.75, 3.05) is 27.8 Å². The van der Waals surface area contributed by atoms with Crippen LogP contribution < -0.4 is 5.32 Å². The topological polar surface area (TPSA) is 25.2 Å². The van der Waals surface area contributed by atoms with E-state index in [9.17, 15) is 0 Å². The van der Waals surface area contributed by atoms with Gasteiger partial charge in [0.25, 0.3) is 0 Å². The van der Waals surface area contributed by atoms with Gasteiger partial charge in [-0.2, -0.15) is 0 Å². The van der Waals surface area contributed by atoms with E-state index >= 15 is 0 Å². The summed E-state index contributed by atoms with van der Waals surface area (Å²) in [5, 5.41) is 3.56. The van der Waals surface area contributed by atoms with Crippen LogP contribution in [0.5, 0.6) is 0 Å². The number of rotatable bonds is 0. The molecule has 2 rings (SSSR count). The van der Waals surface area contributed by atoms with Gasteiger partial charge in [-0.1, -0.05) is 0 Å². The summed E-state index contributed by atoms with van der Waals surface area (Å²) in [4.78, 5) is 2.40. The monoisotopic (exact) mass is 156 g/mol. The lowest BCUT2D eigenvalue weighted by atomic mass is 10.1. The van der Waals surface area contributed by atoms with Gasteiger partial charge in [0.1, 0.15) is 12.3 Å². The smallest absolute Gasteiger partial charge is 0.184 e. The zero-order valence-corrected chi connectivity index (χ0v) is 8.10. The van der Waals surface area contributed by atoms with Crippen LogP contribution in [0.4, 0.5) is 0 Å². The first-order valence-corrected chi connectivity index (χ1v) is 4.17. The van der Waals surface area contributed by atoms with Gasteiger partial charge >= 0.3 is 0 Å². The van der Waals surface area contributed by atoms with E-state index in [2.05, 4.69) is 45.2 Å². The summed E-state index contributed by atoms with van der Waals surface area (Å²) in [7, 11) is 6.74. The van der Waals surface area contributed by atoms with Gasteiger partial charge in [-0.3, -0.25) is 4.48 Å². The highest BCUT2D eigenvalue weighted by molar-refractivity contribution is 5.17. The predicted octanol–water partition coefficient (Wildman–Crippen LogP) is 0.00130. The van der Waals surface area contributed by atoms with Crippen LogP contribution in [0.1, 0.15) is 13.8 Å². The molecule has 0 amide bonds. The molecule has 2 aliphatic heterocycles. The molecule has 0 aromatic heterocycles. The molecule has 0 aliphatic carbocycles. The number of hydrogen-bond donors (Lipinski definition) is 1. The summed E-state index contributed by atoms with van der Waals surface area (Å²) >= 11 is 0. The molecule has 0 radical (unpaired) electrons. The van der Waals surface area contributed by atoms with Crippen LogP contribution in [0.15, 0.2) is 0 Å². The minimum Gasteiger partial charge on any atom is -0.296 e. The van der Waals surface area contributed by atoms with Crippen molar-refractivity contribution in [3.8, 4) is 0 Å². The second-order valence-electron chi connectivity index (χ2n) is 4.79. The van der Waals surface area contributed by atoms with Crippen LogP contribution in [0.2, 0.25) is 0 Å². The zero-order chi connectivity index (χ0) is 8.49. The van der Waals surface area contributed by atoms with Gasteiger partial charge in [0.15, 0.2) is 5.66 Å². The fraction of sp³-hybridized carbons (Fsp3) is 1.00. The van der Waals surface area contributed by atoms with Crippen molar-refractivity contribution in [3.63, 3.8) is 0 Å². The van der Waals surface area contributed by atoms with E-state index in [1.54, 1.807) is 0 Å². The lowest BCUT2D eigenvalue weighted by Gasteiger charge is -2.31. The van der Waals surface area contributed by atoms with Crippen molar-refractivity contribution in [1.82, 2.24) is 10.2 Å². The predicted molar refractivity (Wildman–Crippen MR) is 44.7 cm³/mol. The van der Waals surface area contributed by atoms with Gasteiger partial charge in [-0.15, -0.1) is 0 Å². The Kier molecular flexibility index (Phi) is 1.02. The molecule has 0 spiro atoms. The van der Waals surface area contributed by atoms with Gasteiger partial charge in [-0.05, 0) is 14.0 Å². The second kappa shape index (κ2) is 1.49. The first kappa shape index (κ1) is 7.53. The maximum atomic E-state index is 3.56. The molecule has 2 atom stereocenters.